The van der Waals surface area contributed by atoms with Crippen LogP contribution in [0.1, 0.15) is 11.1 Å². The summed E-state index contributed by atoms with van der Waals surface area (Å²) in [6, 6.07) is 0.346. The molecule has 0 saturated heterocycles. The van der Waals surface area contributed by atoms with Gasteiger partial charge in [0.1, 0.15) is 16.5 Å². The lowest BCUT2D eigenvalue weighted by Crippen LogP contribution is -2.24. The van der Waals surface area contributed by atoms with Crippen molar-refractivity contribution in [2.24, 2.45) is 0 Å². The largest absolute Gasteiger partial charge is 0.419 e. The minimum atomic E-state index is -5.07. The van der Waals surface area contributed by atoms with Crippen LogP contribution in [-0.2, 0) is 12.4 Å². The summed E-state index contributed by atoms with van der Waals surface area (Å²) in [4.78, 5) is 12.0. The second-order valence-electron chi connectivity index (χ2n) is 4.63. The molecule has 12 heteroatoms. The monoisotopic (exact) mass is 427 g/mol. The van der Waals surface area contributed by atoms with Gasteiger partial charge in [-0.2, -0.15) is 26.3 Å². The molecule has 25 heavy (non-hydrogen) atoms. The van der Waals surface area contributed by atoms with E-state index in [4.69, 9.17) is 34.8 Å². The first kappa shape index (κ1) is 19.9. The van der Waals surface area contributed by atoms with E-state index in [0.717, 1.165) is 0 Å². The Morgan fingerprint density at radius 3 is 1.88 bits per heavy atom. The molecule has 0 aliphatic rings. The highest BCUT2D eigenvalue weighted by Crippen LogP contribution is 2.39. The van der Waals surface area contributed by atoms with Crippen molar-refractivity contribution in [1.82, 2.24) is 4.57 Å². The van der Waals surface area contributed by atoms with Crippen LogP contribution in [0.2, 0.25) is 15.1 Å². The van der Waals surface area contributed by atoms with E-state index >= 15 is 0 Å². The Balaban J connectivity index is 2.79. The Kier molecular flexibility index (Phi) is 5.06. The maximum absolute atomic E-state index is 14.1. The molecule has 0 atom stereocenters. The summed E-state index contributed by atoms with van der Waals surface area (Å²) in [5, 5.41) is -3.32. The molecule has 0 bridgehead atoms. The Bertz CT molecular complexity index is 879. The maximum atomic E-state index is 14.1. The molecule has 1 heterocycles. The van der Waals surface area contributed by atoms with Crippen LogP contribution < -0.4 is 5.56 Å². The summed E-state index contributed by atoms with van der Waals surface area (Å²) in [6.07, 6.45) is -9.63. The van der Waals surface area contributed by atoms with E-state index in [9.17, 15) is 35.5 Å². The van der Waals surface area contributed by atoms with Gasteiger partial charge in [0.25, 0.3) is 5.56 Å². The predicted molar refractivity (Wildman–Crippen MR) is 77.0 cm³/mol. The summed E-state index contributed by atoms with van der Waals surface area (Å²) < 4.78 is 90.6. The molecule has 2 aromatic rings. The van der Waals surface area contributed by atoms with Crippen LogP contribution in [0.4, 0.5) is 30.7 Å². The lowest BCUT2D eigenvalue weighted by molar-refractivity contribution is -0.138. The van der Waals surface area contributed by atoms with Crippen LogP contribution in [0.15, 0.2) is 23.1 Å². The molecule has 0 radical (unpaired) electrons. The average Bonchev–Trinajstić information content (AvgIpc) is 2.40. The number of pyridine rings is 1. The van der Waals surface area contributed by atoms with E-state index in [1.807, 2.05) is 0 Å². The molecule has 0 saturated carbocycles. The molecule has 2 nitrogen and oxygen atoms in total. The van der Waals surface area contributed by atoms with Crippen molar-refractivity contribution < 1.29 is 30.7 Å². The fourth-order valence-electron chi connectivity index (χ4n) is 1.94. The molecule has 0 fully saturated rings. The number of hydrogen-bond acceptors (Lipinski definition) is 1. The van der Waals surface area contributed by atoms with Gasteiger partial charge in [-0.15, -0.1) is 0 Å². The summed E-state index contributed by atoms with van der Waals surface area (Å²) in [5.74, 6) is -1.60. The number of rotatable bonds is 1. The zero-order valence-electron chi connectivity index (χ0n) is 11.4. The average molecular weight is 429 g/mol. The molecule has 1 aromatic heterocycles. The number of benzene rings is 1. The van der Waals surface area contributed by atoms with E-state index in [0.29, 0.717) is 12.3 Å². The standard InChI is InChI=1S/C13H3Cl3F7NO/c14-5-1-4(12(18,19)20)2-7(17)10(5)24-3-6(15)8(13(21,22)23)9(16)11(24)25/h1-3H. The summed E-state index contributed by atoms with van der Waals surface area (Å²) in [6.45, 7) is 0. The Labute approximate surface area is 149 Å². The van der Waals surface area contributed by atoms with Gasteiger partial charge < -0.3 is 0 Å². The third kappa shape index (κ3) is 3.73. The van der Waals surface area contributed by atoms with Crippen molar-refractivity contribution in [1.29, 1.82) is 0 Å². The summed E-state index contributed by atoms with van der Waals surface area (Å²) >= 11 is 16.4. The number of alkyl halides is 6. The SMILES string of the molecule is O=c1c(Cl)c(C(F)(F)F)c(Cl)cn1-c1c(F)cc(C(F)(F)F)cc1Cl. The molecule has 0 aliphatic carbocycles. The van der Waals surface area contributed by atoms with E-state index in [1.54, 1.807) is 0 Å². The molecule has 136 valence electrons. The van der Waals surface area contributed by atoms with Crippen molar-refractivity contribution in [3.05, 3.63) is 60.7 Å². The van der Waals surface area contributed by atoms with Crippen LogP contribution >= 0.6 is 34.8 Å². The topological polar surface area (TPSA) is 22.0 Å². The van der Waals surface area contributed by atoms with Gasteiger partial charge in [-0.25, -0.2) is 4.39 Å². The first-order valence-corrected chi connectivity index (χ1v) is 7.13. The highest BCUT2D eigenvalue weighted by molar-refractivity contribution is 6.36. The molecule has 0 amide bonds. The van der Waals surface area contributed by atoms with Crippen molar-refractivity contribution >= 4 is 34.8 Å². The normalized spacial score (nSPS) is 12.6. The zero-order valence-corrected chi connectivity index (χ0v) is 13.6. The molecule has 0 unspecified atom stereocenters. The van der Waals surface area contributed by atoms with Gasteiger partial charge in [0, 0.05) is 6.20 Å². The highest BCUT2D eigenvalue weighted by atomic mass is 35.5. The Hall–Kier alpha value is -1.45. The fraction of sp³-hybridized carbons (Fsp3) is 0.154. The van der Waals surface area contributed by atoms with Crippen molar-refractivity contribution in [3.63, 3.8) is 0 Å². The molecule has 2 rings (SSSR count). The quantitative estimate of drug-likeness (QED) is 0.513. The van der Waals surface area contributed by atoms with E-state index in [1.165, 1.54) is 0 Å². The zero-order chi connectivity index (χ0) is 19.3. The minimum Gasteiger partial charge on any atom is -0.277 e. The van der Waals surface area contributed by atoms with Crippen LogP contribution in [0.25, 0.3) is 5.69 Å². The third-order valence-electron chi connectivity index (χ3n) is 2.98. The van der Waals surface area contributed by atoms with E-state index < -0.39 is 55.6 Å². The van der Waals surface area contributed by atoms with Gasteiger partial charge in [-0.1, -0.05) is 34.8 Å². The van der Waals surface area contributed by atoms with Crippen molar-refractivity contribution in [3.8, 4) is 5.69 Å². The molecular formula is C13H3Cl3F7NO. The Morgan fingerprint density at radius 2 is 1.44 bits per heavy atom. The molecular weight excluding hydrogens is 425 g/mol. The van der Waals surface area contributed by atoms with E-state index in [-0.39, 0.29) is 10.6 Å². The predicted octanol–water partition coefficient (Wildman–Crippen LogP) is 5.97. The number of hydrogen-bond donors (Lipinski definition) is 0. The van der Waals surface area contributed by atoms with Crippen LogP contribution in [0.5, 0.6) is 0 Å². The minimum absolute atomic E-state index is 0.0349. The second kappa shape index (κ2) is 6.37. The van der Waals surface area contributed by atoms with Gasteiger partial charge in [-0.05, 0) is 12.1 Å². The Morgan fingerprint density at radius 1 is 0.880 bits per heavy atom. The fourth-order valence-corrected chi connectivity index (χ4v) is 2.89. The molecule has 1 aromatic carbocycles. The van der Waals surface area contributed by atoms with Crippen molar-refractivity contribution in [2.45, 2.75) is 12.4 Å². The van der Waals surface area contributed by atoms with Crippen LogP contribution in [0, 0.1) is 5.82 Å². The van der Waals surface area contributed by atoms with Crippen LogP contribution in [-0.4, -0.2) is 4.57 Å². The number of nitrogens with zero attached hydrogens (tertiary/aromatic N) is 1. The molecule has 0 spiro atoms. The van der Waals surface area contributed by atoms with Gasteiger partial charge in [-0.3, -0.25) is 9.36 Å². The molecule has 0 N–H and O–H groups in total. The lowest BCUT2D eigenvalue weighted by atomic mass is 10.1. The lowest BCUT2D eigenvalue weighted by Gasteiger charge is -2.16. The third-order valence-corrected chi connectivity index (χ3v) is 3.90. The number of halogens is 10. The smallest absolute Gasteiger partial charge is 0.277 e. The van der Waals surface area contributed by atoms with Crippen molar-refractivity contribution in [2.75, 3.05) is 0 Å². The first-order valence-electron chi connectivity index (χ1n) is 5.99. The highest BCUT2D eigenvalue weighted by Gasteiger charge is 2.38. The first-order chi connectivity index (χ1) is 11.2. The van der Waals surface area contributed by atoms with Gasteiger partial charge in [0.15, 0.2) is 0 Å². The van der Waals surface area contributed by atoms with Gasteiger partial charge in [0.05, 0.1) is 21.2 Å². The van der Waals surface area contributed by atoms with Gasteiger partial charge >= 0.3 is 12.4 Å². The number of aromatic nitrogens is 1. The second-order valence-corrected chi connectivity index (χ2v) is 5.82. The summed E-state index contributed by atoms with van der Waals surface area (Å²) in [7, 11) is 0. The van der Waals surface area contributed by atoms with Crippen LogP contribution in [0.3, 0.4) is 0 Å². The van der Waals surface area contributed by atoms with E-state index in [2.05, 4.69) is 0 Å². The molecule has 0 aliphatic heterocycles. The maximum Gasteiger partial charge on any atom is 0.419 e. The van der Waals surface area contributed by atoms with Gasteiger partial charge in [0.2, 0.25) is 0 Å². The summed E-state index contributed by atoms with van der Waals surface area (Å²) in [5.41, 5.74) is -5.58.